The highest BCUT2D eigenvalue weighted by atomic mass is 16.3. The van der Waals surface area contributed by atoms with Crippen molar-refractivity contribution < 1.29 is 9.21 Å². The minimum Gasteiger partial charge on any atom is -0.466 e. The van der Waals surface area contributed by atoms with Gasteiger partial charge < -0.3 is 9.73 Å². The fraction of sp³-hybridized carbons (Fsp3) is 0.562. The molecule has 0 radical (unpaired) electrons. The largest absolute Gasteiger partial charge is 0.466 e. The Balaban J connectivity index is 1.89. The van der Waals surface area contributed by atoms with E-state index in [0.717, 1.165) is 17.7 Å². The van der Waals surface area contributed by atoms with Gasteiger partial charge in [-0.15, -0.1) is 0 Å². The van der Waals surface area contributed by atoms with Crippen molar-refractivity contribution in [3.63, 3.8) is 0 Å². The Bertz CT molecular complexity index is 497. The minimum absolute atomic E-state index is 0.0109. The average Bonchev–Trinajstić information content (AvgIpc) is 2.64. The molecule has 0 unspecified atom stereocenters. The lowest BCUT2D eigenvalue weighted by Crippen LogP contribution is -2.25. The minimum atomic E-state index is -0.0109. The standard InChI is InChI=1S/C16H23NO2/c1-11-12(2)19-13(3)15(11)16(18)17-10-9-14-7-5-4-6-8-14/h7H,4-6,8-10H2,1-3H3,(H,17,18). The van der Waals surface area contributed by atoms with Crippen molar-refractivity contribution in [2.45, 2.75) is 52.9 Å². The first-order valence-electron chi connectivity index (χ1n) is 7.12. The van der Waals surface area contributed by atoms with Crippen molar-refractivity contribution in [1.82, 2.24) is 5.32 Å². The van der Waals surface area contributed by atoms with Crippen LogP contribution in [0.1, 0.15) is 59.5 Å². The third-order valence-electron chi connectivity index (χ3n) is 3.91. The van der Waals surface area contributed by atoms with Crippen LogP contribution in [0.15, 0.2) is 16.1 Å². The zero-order valence-corrected chi connectivity index (χ0v) is 12.1. The summed E-state index contributed by atoms with van der Waals surface area (Å²) in [5.41, 5.74) is 3.14. The summed E-state index contributed by atoms with van der Waals surface area (Å²) in [5.74, 6) is 1.53. The van der Waals surface area contributed by atoms with Crippen LogP contribution in [0.5, 0.6) is 0 Å². The molecule has 0 aromatic carbocycles. The Labute approximate surface area is 115 Å². The molecular formula is C16H23NO2. The molecule has 1 N–H and O–H groups in total. The molecule has 3 heteroatoms. The fourth-order valence-electron chi connectivity index (χ4n) is 2.68. The summed E-state index contributed by atoms with van der Waals surface area (Å²) in [7, 11) is 0. The Morgan fingerprint density at radius 3 is 2.63 bits per heavy atom. The second-order valence-corrected chi connectivity index (χ2v) is 5.33. The highest BCUT2D eigenvalue weighted by Crippen LogP contribution is 2.21. The smallest absolute Gasteiger partial charge is 0.255 e. The van der Waals surface area contributed by atoms with E-state index in [-0.39, 0.29) is 5.91 Å². The summed E-state index contributed by atoms with van der Waals surface area (Å²) in [6.45, 7) is 6.39. The van der Waals surface area contributed by atoms with E-state index in [2.05, 4.69) is 11.4 Å². The SMILES string of the molecule is Cc1oc(C)c(C(=O)NCCC2=CCCCC2)c1C. The molecule has 1 amide bonds. The summed E-state index contributed by atoms with van der Waals surface area (Å²) in [4.78, 5) is 12.2. The molecule has 0 spiro atoms. The normalized spacial score (nSPS) is 15.2. The van der Waals surface area contributed by atoms with Crippen LogP contribution in [-0.4, -0.2) is 12.5 Å². The molecule has 19 heavy (non-hydrogen) atoms. The van der Waals surface area contributed by atoms with E-state index in [0.29, 0.717) is 17.9 Å². The number of carbonyl (C=O) groups excluding carboxylic acids is 1. The van der Waals surface area contributed by atoms with Gasteiger partial charge in [0.1, 0.15) is 11.5 Å². The third-order valence-corrected chi connectivity index (χ3v) is 3.91. The molecule has 1 aromatic rings. The van der Waals surface area contributed by atoms with E-state index in [9.17, 15) is 4.79 Å². The lowest BCUT2D eigenvalue weighted by molar-refractivity contribution is 0.0952. The maximum atomic E-state index is 12.2. The summed E-state index contributed by atoms with van der Waals surface area (Å²) in [6.07, 6.45) is 8.29. The van der Waals surface area contributed by atoms with Gasteiger partial charge in [0, 0.05) is 12.1 Å². The molecule has 0 atom stereocenters. The summed E-state index contributed by atoms with van der Waals surface area (Å²) in [5, 5.41) is 3.00. The van der Waals surface area contributed by atoms with Gasteiger partial charge in [0.05, 0.1) is 5.56 Å². The van der Waals surface area contributed by atoms with Crippen molar-refractivity contribution in [3.8, 4) is 0 Å². The number of nitrogens with one attached hydrogen (secondary N) is 1. The van der Waals surface area contributed by atoms with E-state index in [1.54, 1.807) is 0 Å². The van der Waals surface area contributed by atoms with Gasteiger partial charge in [-0.1, -0.05) is 11.6 Å². The first kappa shape index (κ1) is 13.9. The number of hydrogen-bond acceptors (Lipinski definition) is 2. The molecule has 3 nitrogen and oxygen atoms in total. The Morgan fingerprint density at radius 1 is 1.26 bits per heavy atom. The predicted octanol–water partition coefficient (Wildman–Crippen LogP) is 3.83. The van der Waals surface area contributed by atoms with Crippen molar-refractivity contribution in [2.75, 3.05) is 6.54 Å². The molecule has 2 rings (SSSR count). The van der Waals surface area contributed by atoms with E-state index in [1.165, 1.54) is 31.3 Å². The molecule has 1 aliphatic carbocycles. The van der Waals surface area contributed by atoms with Gasteiger partial charge in [-0.2, -0.15) is 0 Å². The molecular weight excluding hydrogens is 238 g/mol. The molecule has 0 aliphatic heterocycles. The zero-order valence-electron chi connectivity index (χ0n) is 12.1. The van der Waals surface area contributed by atoms with E-state index >= 15 is 0 Å². The number of carbonyl (C=O) groups is 1. The van der Waals surface area contributed by atoms with Crippen LogP contribution < -0.4 is 5.32 Å². The van der Waals surface area contributed by atoms with Gasteiger partial charge in [-0.25, -0.2) is 0 Å². The summed E-state index contributed by atoms with van der Waals surface area (Å²) >= 11 is 0. The summed E-state index contributed by atoms with van der Waals surface area (Å²) < 4.78 is 5.49. The van der Waals surface area contributed by atoms with Crippen LogP contribution in [0, 0.1) is 20.8 Å². The lowest BCUT2D eigenvalue weighted by Gasteiger charge is -2.13. The molecule has 0 saturated heterocycles. The topological polar surface area (TPSA) is 42.2 Å². The first-order valence-corrected chi connectivity index (χ1v) is 7.12. The first-order chi connectivity index (χ1) is 9.09. The summed E-state index contributed by atoms with van der Waals surface area (Å²) in [6, 6.07) is 0. The number of hydrogen-bond donors (Lipinski definition) is 1. The molecule has 0 bridgehead atoms. The fourth-order valence-corrected chi connectivity index (χ4v) is 2.68. The second-order valence-electron chi connectivity index (χ2n) is 5.33. The highest BCUT2D eigenvalue weighted by Gasteiger charge is 2.18. The van der Waals surface area contributed by atoms with Gasteiger partial charge >= 0.3 is 0 Å². The van der Waals surface area contributed by atoms with Crippen molar-refractivity contribution in [3.05, 3.63) is 34.3 Å². The highest BCUT2D eigenvalue weighted by molar-refractivity contribution is 5.96. The molecule has 1 heterocycles. The van der Waals surface area contributed by atoms with E-state index in [1.807, 2.05) is 20.8 Å². The monoisotopic (exact) mass is 261 g/mol. The average molecular weight is 261 g/mol. The lowest BCUT2D eigenvalue weighted by atomic mass is 9.97. The van der Waals surface area contributed by atoms with E-state index in [4.69, 9.17) is 4.42 Å². The molecule has 0 fully saturated rings. The zero-order chi connectivity index (χ0) is 13.8. The molecule has 104 valence electrons. The van der Waals surface area contributed by atoms with Gasteiger partial charge in [-0.3, -0.25) is 4.79 Å². The van der Waals surface area contributed by atoms with Crippen LogP contribution in [0.4, 0.5) is 0 Å². The van der Waals surface area contributed by atoms with E-state index < -0.39 is 0 Å². The number of furan rings is 1. The van der Waals surface area contributed by atoms with Crippen molar-refractivity contribution in [1.29, 1.82) is 0 Å². The predicted molar refractivity (Wildman–Crippen MR) is 76.4 cm³/mol. The second kappa shape index (κ2) is 6.09. The van der Waals surface area contributed by atoms with Crippen LogP contribution >= 0.6 is 0 Å². The Hall–Kier alpha value is -1.51. The quantitative estimate of drug-likeness (QED) is 0.837. The number of amides is 1. The Kier molecular flexibility index (Phi) is 4.46. The van der Waals surface area contributed by atoms with Crippen LogP contribution in [0.25, 0.3) is 0 Å². The van der Waals surface area contributed by atoms with Crippen LogP contribution in [-0.2, 0) is 0 Å². The van der Waals surface area contributed by atoms with Crippen molar-refractivity contribution in [2.24, 2.45) is 0 Å². The molecule has 1 aromatic heterocycles. The maximum absolute atomic E-state index is 12.2. The number of allylic oxidation sites excluding steroid dienone is 1. The van der Waals surface area contributed by atoms with Crippen molar-refractivity contribution >= 4 is 5.91 Å². The number of aryl methyl sites for hydroxylation is 2. The number of rotatable bonds is 4. The van der Waals surface area contributed by atoms with Gasteiger partial charge in [-0.05, 0) is 52.9 Å². The van der Waals surface area contributed by atoms with Crippen LogP contribution in [0.2, 0.25) is 0 Å². The molecule has 0 saturated carbocycles. The maximum Gasteiger partial charge on any atom is 0.255 e. The van der Waals surface area contributed by atoms with Gasteiger partial charge in [0.25, 0.3) is 5.91 Å². The Morgan fingerprint density at radius 2 is 2.05 bits per heavy atom. The van der Waals surface area contributed by atoms with Gasteiger partial charge in [0.15, 0.2) is 0 Å². The third kappa shape index (κ3) is 3.28. The van der Waals surface area contributed by atoms with Crippen LogP contribution in [0.3, 0.4) is 0 Å². The van der Waals surface area contributed by atoms with Gasteiger partial charge in [0.2, 0.25) is 0 Å². The molecule has 1 aliphatic rings.